The average molecular weight is 194 g/mol. The van der Waals surface area contributed by atoms with Gasteiger partial charge in [-0.2, -0.15) is 0 Å². The predicted octanol–water partition coefficient (Wildman–Crippen LogP) is 1.04. The fraction of sp³-hybridized carbons (Fsp3) is 0.600. The largest absolute Gasteiger partial charge is 0.329 e. The van der Waals surface area contributed by atoms with E-state index in [1.54, 1.807) is 0 Å². The molecule has 4 heteroatoms. The van der Waals surface area contributed by atoms with Crippen LogP contribution in [0.2, 0.25) is 0 Å². The third kappa shape index (κ3) is 1.78. The minimum atomic E-state index is -0.249. The Bertz CT molecular complexity index is 280. The predicted molar refractivity (Wildman–Crippen MR) is 51.7 cm³/mol. The number of urea groups is 1. The van der Waals surface area contributed by atoms with Gasteiger partial charge in [0.05, 0.1) is 13.1 Å². The summed E-state index contributed by atoms with van der Waals surface area (Å²) in [5.41, 5.74) is 1.22. The van der Waals surface area contributed by atoms with Gasteiger partial charge < -0.3 is 5.32 Å². The average Bonchev–Trinajstić information content (AvgIpc) is 2.51. The Morgan fingerprint density at radius 1 is 1.36 bits per heavy atom. The number of hydrogen-bond donors (Lipinski definition) is 1. The Kier molecular flexibility index (Phi) is 2.52. The van der Waals surface area contributed by atoms with E-state index in [1.807, 2.05) is 0 Å². The van der Waals surface area contributed by atoms with Gasteiger partial charge in [-0.3, -0.25) is 9.69 Å². The molecule has 1 fully saturated rings. The van der Waals surface area contributed by atoms with Crippen molar-refractivity contribution in [1.82, 2.24) is 10.2 Å². The first-order valence-corrected chi connectivity index (χ1v) is 5.03. The van der Waals surface area contributed by atoms with Gasteiger partial charge in [-0.05, 0) is 25.7 Å². The normalized spacial score (nSPS) is 22.3. The van der Waals surface area contributed by atoms with Crippen LogP contribution in [0, 0.1) is 0 Å². The fourth-order valence-electron chi connectivity index (χ4n) is 1.87. The number of nitrogens with zero attached hydrogens (tertiary/aromatic N) is 1. The Balaban J connectivity index is 1.99. The molecule has 0 aromatic carbocycles. The smallest absolute Gasteiger partial charge is 0.324 e. The Hall–Kier alpha value is -1.32. The zero-order chi connectivity index (χ0) is 9.97. The summed E-state index contributed by atoms with van der Waals surface area (Å²) in [5.74, 6) is -0.110. The molecule has 3 amide bonds. The molecule has 0 aromatic heterocycles. The SMILES string of the molecule is O=C1CNC(=O)N1CC1=CCCCC1. The van der Waals surface area contributed by atoms with Crippen molar-refractivity contribution in [3.63, 3.8) is 0 Å². The van der Waals surface area contributed by atoms with Crippen LogP contribution in [-0.4, -0.2) is 29.9 Å². The molecule has 1 heterocycles. The van der Waals surface area contributed by atoms with Crippen LogP contribution in [0.25, 0.3) is 0 Å². The van der Waals surface area contributed by atoms with Crippen LogP contribution >= 0.6 is 0 Å². The van der Waals surface area contributed by atoms with E-state index < -0.39 is 0 Å². The highest BCUT2D eigenvalue weighted by Gasteiger charge is 2.28. The van der Waals surface area contributed by atoms with Crippen molar-refractivity contribution in [3.8, 4) is 0 Å². The molecule has 0 unspecified atom stereocenters. The van der Waals surface area contributed by atoms with Gasteiger partial charge in [-0.1, -0.05) is 11.6 Å². The maximum atomic E-state index is 11.3. The molecule has 2 aliphatic rings. The standard InChI is InChI=1S/C10H14N2O2/c13-9-6-11-10(14)12(9)7-8-4-2-1-3-5-8/h4H,1-3,5-7H2,(H,11,14). The summed E-state index contributed by atoms with van der Waals surface area (Å²) in [7, 11) is 0. The lowest BCUT2D eigenvalue weighted by atomic mass is 9.99. The topological polar surface area (TPSA) is 49.4 Å². The van der Waals surface area contributed by atoms with E-state index in [1.165, 1.54) is 23.3 Å². The molecular formula is C10H14N2O2. The minimum Gasteiger partial charge on any atom is -0.329 e. The van der Waals surface area contributed by atoms with E-state index in [0.29, 0.717) is 6.54 Å². The lowest BCUT2D eigenvalue weighted by Gasteiger charge is -2.17. The van der Waals surface area contributed by atoms with Crippen LogP contribution in [0.15, 0.2) is 11.6 Å². The zero-order valence-electron chi connectivity index (χ0n) is 8.08. The fourth-order valence-corrected chi connectivity index (χ4v) is 1.87. The third-order valence-corrected chi connectivity index (χ3v) is 2.68. The van der Waals surface area contributed by atoms with Crippen LogP contribution in [0.4, 0.5) is 4.79 Å². The molecule has 1 N–H and O–H groups in total. The Morgan fingerprint density at radius 3 is 2.79 bits per heavy atom. The number of rotatable bonds is 2. The van der Waals surface area contributed by atoms with E-state index in [0.717, 1.165) is 12.8 Å². The highest BCUT2D eigenvalue weighted by atomic mass is 16.2. The zero-order valence-corrected chi connectivity index (χ0v) is 8.08. The molecule has 1 aliphatic carbocycles. The van der Waals surface area contributed by atoms with Crippen molar-refractivity contribution in [2.75, 3.05) is 13.1 Å². The van der Waals surface area contributed by atoms with Crippen molar-refractivity contribution in [3.05, 3.63) is 11.6 Å². The van der Waals surface area contributed by atoms with Gasteiger partial charge in [0, 0.05) is 0 Å². The van der Waals surface area contributed by atoms with Crippen molar-refractivity contribution in [2.45, 2.75) is 25.7 Å². The lowest BCUT2D eigenvalue weighted by Crippen LogP contribution is -2.33. The molecule has 0 radical (unpaired) electrons. The molecule has 0 aromatic rings. The quantitative estimate of drug-likeness (QED) is 0.527. The first-order chi connectivity index (χ1) is 6.77. The maximum absolute atomic E-state index is 11.3. The molecule has 4 nitrogen and oxygen atoms in total. The monoisotopic (exact) mass is 194 g/mol. The molecule has 0 bridgehead atoms. The van der Waals surface area contributed by atoms with Crippen LogP contribution in [0.3, 0.4) is 0 Å². The van der Waals surface area contributed by atoms with Crippen LogP contribution in [0.1, 0.15) is 25.7 Å². The summed E-state index contributed by atoms with van der Waals surface area (Å²) >= 11 is 0. The maximum Gasteiger partial charge on any atom is 0.324 e. The van der Waals surface area contributed by atoms with Crippen LogP contribution in [-0.2, 0) is 4.79 Å². The number of nitrogens with one attached hydrogen (secondary N) is 1. The number of imide groups is 1. The summed E-state index contributed by atoms with van der Waals surface area (Å²) in [6.07, 6.45) is 6.66. The molecule has 0 atom stereocenters. The van der Waals surface area contributed by atoms with Gasteiger partial charge in [0.15, 0.2) is 0 Å². The summed E-state index contributed by atoms with van der Waals surface area (Å²) in [4.78, 5) is 23.8. The molecular weight excluding hydrogens is 180 g/mol. The molecule has 14 heavy (non-hydrogen) atoms. The van der Waals surface area contributed by atoms with Gasteiger partial charge in [0.25, 0.3) is 0 Å². The van der Waals surface area contributed by atoms with Gasteiger partial charge >= 0.3 is 6.03 Å². The van der Waals surface area contributed by atoms with Crippen molar-refractivity contribution < 1.29 is 9.59 Å². The third-order valence-electron chi connectivity index (χ3n) is 2.68. The van der Waals surface area contributed by atoms with E-state index in [2.05, 4.69) is 11.4 Å². The number of amides is 3. The number of carbonyl (C=O) groups excluding carboxylic acids is 2. The molecule has 0 spiro atoms. The van der Waals surface area contributed by atoms with Crippen molar-refractivity contribution >= 4 is 11.9 Å². The van der Waals surface area contributed by atoms with E-state index in [9.17, 15) is 9.59 Å². The Labute approximate surface area is 83.0 Å². The minimum absolute atomic E-state index is 0.110. The summed E-state index contributed by atoms with van der Waals surface area (Å²) in [6.45, 7) is 0.650. The van der Waals surface area contributed by atoms with Gasteiger partial charge in [0.1, 0.15) is 0 Å². The van der Waals surface area contributed by atoms with E-state index >= 15 is 0 Å². The number of allylic oxidation sites excluding steroid dienone is 1. The Morgan fingerprint density at radius 2 is 2.21 bits per heavy atom. The highest BCUT2D eigenvalue weighted by Crippen LogP contribution is 2.18. The first-order valence-electron chi connectivity index (χ1n) is 5.03. The molecule has 1 saturated heterocycles. The molecule has 76 valence electrons. The van der Waals surface area contributed by atoms with Gasteiger partial charge in [-0.15, -0.1) is 0 Å². The first kappa shape index (κ1) is 9.24. The second-order valence-electron chi connectivity index (χ2n) is 3.75. The van der Waals surface area contributed by atoms with E-state index in [4.69, 9.17) is 0 Å². The second-order valence-corrected chi connectivity index (χ2v) is 3.75. The molecule has 2 rings (SSSR count). The summed E-state index contributed by atoms with van der Waals surface area (Å²) in [6, 6.07) is -0.249. The highest BCUT2D eigenvalue weighted by molar-refractivity contribution is 6.02. The second kappa shape index (κ2) is 3.82. The summed E-state index contributed by atoms with van der Waals surface area (Å²) < 4.78 is 0. The number of carbonyl (C=O) groups is 2. The molecule has 0 saturated carbocycles. The van der Waals surface area contributed by atoms with Crippen LogP contribution in [0.5, 0.6) is 0 Å². The van der Waals surface area contributed by atoms with Crippen molar-refractivity contribution in [1.29, 1.82) is 0 Å². The van der Waals surface area contributed by atoms with Gasteiger partial charge in [-0.25, -0.2) is 4.79 Å². The number of hydrogen-bond acceptors (Lipinski definition) is 2. The van der Waals surface area contributed by atoms with Crippen molar-refractivity contribution in [2.24, 2.45) is 0 Å². The molecule has 1 aliphatic heterocycles. The van der Waals surface area contributed by atoms with Gasteiger partial charge in [0.2, 0.25) is 5.91 Å². The lowest BCUT2D eigenvalue weighted by molar-refractivity contribution is -0.124. The van der Waals surface area contributed by atoms with Crippen LogP contribution < -0.4 is 5.32 Å². The summed E-state index contributed by atoms with van der Waals surface area (Å²) in [5, 5.41) is 2.52. The van der Waals surface area contributed by atoms with E-state index in [-0.39, 0.29) is 18.5 Å².